The summed E-state index contributed by atoms with van der Waals surface area (Å²) < 4.78 is 7.73. The average Bonchev–Trinajstić information content (AvgIpc) is 2.94. The van der Waals surface area contributed by atoms with Crippen LogP contribution in [0, 0.1) is 20.2 Å². The third-order valence-corrected chi connectivity index (χ3v) is 3.62. The van der Waals surface area contributed by atoms with Crippen molar-refractivity contribution in [2.45, 2.75) is 0 Å². The van der Waals surface area contributed by atoms with Gasteiger partial charge in [0, 0.05) is 31.6 Å². The number of nitrogens with zero attached hydrogens (tertiary/aromatic N) is 4. The second-order valence-corrected chi connectivity index (χ2v) is 5.30. The van der Waals surface area contributed by atoms with E-state index in [1.54, 1.807) is 18.2 Å². The van der Waals surface area contributed by atoms with Gasteiger partial charge in [-0.25, -0.2) is 4.79 Å². The fourth-order valence-corrected chi connectivity index (χ4v) is 2.37. The van der Waals surface area contributed by atoms with Crippen molar-refractivity contribution in [2.75, 3.05) is 0 Å². The second-order valence-electron chi connectivity index (χ2n) is 5.30. The molecule has 0 N–H and O–H groups in total. The fraction of sp³-hybridized carbons (Fsp3) is 0.0625. The van der Waals surface area contributed by atoms with E-state index in [1.807, 2.05) is 0 Å². The van der Waals surface area contributed by atoms with Crippen LogP contribution in [0.15, 0.2) is 59.7 Å². The van der Waals surface area contributed by atoms with Gasteiger partial charge in [-0.2, -0.15) is 0 Å². The summed E-state index contributed by atoms with van der Waals surface area (Å²) in [5.41, 5.74) is -1.73. The second kappa shape index (κ2) is 6.51. The minimum absolute atomic E-state index is 0.00517. The van der Waals surface area contributed by atoms with Crippen molar-refractivity contribution in [3.63, 3.8) is 0 Å². The monoisotopic (exact) mass is 356 g/mol. The first-order valence-corrected chi connectivity index (χ1v) is 7.32. The number of hydrogen-bond acceptors (Lipinski definition) is 6. The molecule has 10 nitrogen and oxygen atoms in total. The minimum Gasteiger partial charge on any atom is -0.444 e. The highest BCUT2D eigenvalue weighted by atomic mass is 16.6. The number of ether oxygens (including phenoxy) is 1. The number of nitro groups is 2. The number of aryl methyl sites for hydroxylation is 1. The van der Waals surface area contributed by atoms with Crippen molar-refractivity contribution < 1.29 is 14.6 Å². The molecule has 10 heteroatoms. The highest BCUT2D eigenvalue weighted by Gasteiger charge is 2.30. The van der Waals surface area contributed by atoms with Gasteiger partial charge in [-0.15, -0.1) is 0 Å². The predicted octanol–water partition coefficient (Wildman–Crippen LogP) is 2.78. The summed E-state index contributed by atoms with van der Waals surface area (Å²) in [6, 6.07) is 10.1. The van der Waals surface area contributed by atoms with Crippen LogP contribution in [0.5, 0.6) is 11.5 Å². The van der Waals surface area contributed by atoms with Gasteiger partial charge in [0.15, 0.2) is 0 Å². The first-order valence-electron chi connectivity index (χ1n) is 7.32. The van der Waals surface area contributed by atoms with E-state index in [1.165, 1.54) is 36.1 Å². The molecule has 1 heterocycles. The van der Waals surface area contributed by atoms with E-state index in [0.717, 1.165) is 16.7 Å². The summed E-state index contributed by atoms with van der Waals surface area (Å²) in [7, 11) is 1.49. The van der Waals surface area contributed by atoms with E-state index in [4.69, 9.17) is 4.74 Å². The maximum Gasteiger partial charge on any atom is 0.332 e. The Labute approximate surface area is 145 Å². The van der Waals surface area contributed by atoms with Gasteiger partial charge in [-0.1, -0.05) is 18.2 Å². The third-order valence-electron chi connectivity index (χ3n) is 3.62. The number of para-hydroxylation sites is 1. The van der Waals surface area contributed by atoms with Crippen LogP contribution in [-0.2, 0) is 7.05 Å². The van der Waals surface area contributed by atoms with Gasteiger partial charge in [0.25, 0.3) is 5.75 Å². The van der Waals surface area contributed by atoms with Crippen molar-refractivity contribution in [3.05, 3.63) is 85.6 Å². The average molecular weight is 356 g/mol. The zero-order valence-electron chi connectivity index (χ0n) is 13.4. The lowest BCUT2D eigenvalue weighted by molar-refractivity contribution is -0.395. The van der Waals surface area contributed by atoms with Gasteiger partial charge in [-0.3, -0.25) is 24.8 Å². The molecule has 0 radical (unpaired) electrons. The molecule has 0 atom stereocenters. The number of rotatable bonds is 5. The number of nitro benzene ring substituents is 2. The molecule has 2 aromatic carbocycles. The van der Waals surface area contributed by atoms with Crippen LogP contribution in [0.1, 0.15) is 0 Å². The fourth-order valence-electron chi connectivity index (χ4n) is 2.37. The topological polar surface area (TPSA) is 122 Å². The van der Waals surface area contributed by atoms with Crippen LogP contribution in [-0.4, -0.2) is 19.0 Å². The standard InChI is InChI=1S/C16H12N4O6/c1-17-7-8-18(16(17)21)11-9-13(19(22)23)15(14(10-11)20(24)25)26-12-5-3-2-4-6-12/h2-10H,1H3. The Kier molecular flexibility index (Phi) is 4.23. The molecule has 0 aliphatic carbocycles. The molecule has 0 saturated carbocycles. The first-order chi connectivity index (χ1) is 12.4. The van der Waals surface area contributed by atoms with E-state index in [0.29, 0.717) is 0 Å². The molecule has 132 valence electrons. The molecule has 0 spiro atoms. The summed E-state index contributed by atoms with van der Waals surface area (Å²) in [6.45, 7) is 0. The normalized spacial score (nSPS) is 10.5. The maximum atomic E-state index is 12.1. The molecule has 0 fully saturated rings. The van der Waals surface area contributed by atoms with Crippen molar-refractivity contribution in [3.8, 4) is 17.2 Å². The highest BCUT2D eigenvalue weighted by Crippen LogP contribution is 2.41. The summed E-state index contributed by atoms with van der Waals surface area (Å²) >= 11 is 0. The molecule has 3 rings (SSSR count). The van der Waals surface area contributed by atoms with Crippen LogP contribution in [0.4, 0.5) is 11.4 Å². The Bertz CT molecular complexity index is 1020. The number of benzene rings is 2. The maximum absolute atomic E-state index is 12.1. The summed E-state index contributed by atoms with van der Waals surface area (Å²) in [4.78, 5) is 33.4. The highest BCUT2D eigenvalue weighted by molar-refractivity contribution is 5.66. The largest absolute Gasteiger partial charge is 0.444 e. The van der Waals surface area contributed by atoms with Crippen LogP contribution >= 0.6 is 0 Å². The van der Waals surface area contributed by atoms with Crippen molar-refractivity contribution in [1.82, 2.24) is 9.13 Å². The zero-order valence-corrected chi connectivity index (χ0v) is 13.4. The van der Waals surface area contributed by atoms with Gasteiger partial charge < -0.3 is 9.30 Å². The van der Waals surface area contributed by atoms with Gasteiger partial charge >= 0.3 is 17.1 Å². The number of aromatic nitrogens is 2. The molecule has 0 aliphatic heterocycles. The Morgan fingerprint density at radius 3 is 2.00 bits per heavy atom. The van der Waals surface area contributed by atoms with Gasteiger partial charge in [0.1, 0.15) is 5.75 Å². The van der Waals surface area contributed by atoms with E-state index >= 15 is 0 Å². The smallest absolute Gasteiger partial charge is 0.332 e. The van der Waals surface area contributed by atoms with Crippen molar-refractivity contribution in [1.29, 1.82) is 0 Å². The van der Waals surface area contributed by atoms with Crippen molar-refractivity contribution >= 4 is 11.4 Å². The quantitative estimate of drug-likeness (QED) is 0.511. The third kappa shape index (κ3) is 3.02. The molecule has 0 bridgehead atoms. The lowest BCUT2D eigenvalue weighted by Gasteiger charge is -2.09. The van der Waals surface area contributed by atoms with E-state index in [9.17, 15) is 25.0 Å². The molecule has 1 aromatic heterocycles. The molecule has 3 aromatic rings. The number of imidazole rings is 1. The zero-order chi connectivity index (χ0) is 18.8. The Hall–Kier alpha value is -3.95. The first kappa shape index (κ1) is 16.9. The minimum atomic E-state index is -0.789. The Balaban J connectivity index is 2.23. The molecule has 0 aliphatic rings. The number of hydrogen-bond donors (Lipinski definition) is 0. The molecule has 0 amide bonds. The molecular formula is C16H12N4O6. The molecule has 26 heavy (non-hydrogen) atoms. The molecule has 0 saturated heterocycles. The van der Waals surface area contributed by atoms with E-state index in [-0.39, 0.29) is 11.4 Å². The summed E-state index contributed by atoms with van der Waals surface area (Å²) in [6.07, 6.45) is 2.80. The Morgan fingerprint density at radius 2 is 1.54 bits per heavy atom. The van der Waals surface area contributed by atoms with Gasteiger partial charge in [0.2, 0.25) is 0 Å². The summed E-state index contributed by atoms with van der Waals surface area (Å²) in [5, 5.41) is 22.9. The van der Waals surface area contributed by atoms with E-state index in [2.05, 4.69) is 0 Å². The van der Waals surface area contributed by atoms with E-state index < -0.39 is 32.7 Å². The van der Waals surface area contributed by atoms with Gasteiger partial charge in [-0.05, 0) is 12.1 Å². The van der Waals surface area contributed by atoms with Crippen molar-refractivity contribution in [2.24, 2.45) is 7.05 Å². The predicted molar refractivity (Wildman–Crippen MR) is 90.8 cm³/mol. The van der Waals surface area contributed by atoms with Crippen LogP contribution in [0.3, 0.4) is 0 Å². The van der Waals surface area contributed by atoms with Crippen LogP contribution < -0.4 is 10.4 Å². The summed E-state index contributed by atoms with van der Waals surface area (Å²) in [5.74, 6) is -0.290. The Morgan fingerprint density at radius 1 is 0.962 bits per heavy atom. The van der Waals surface area contributed by atoms with Crippen LogP contribution in [0.2, 0.25) is 0 Å². The molecule has 0 unspecified atom stereocenters. The van der Waals surface area contributed by atoms with Crippen LogP contribution in [0.25, 0.3) is 5.69 Å². The lowest BCUT2D eigenvalue weighted by Crippen LogP contribution is -2.20. The molecular weight excluding hydrogens is 344 g/mol. The SMILES string of the molecule is Cn1ccn(-c2cc([N+](=O)[O-])c(Oc3ccccc3)c([N+](=O)[O-])c2)c1=O. The lowest BCUT2D eigenvalue weighted by atomic mass is 10.2. The van der Waals surface area contributed by atoms with Gasteiger partial charge in [0.05, 0.1) is 15.5 Å².